The van der Waals surface area contributed by atoms with Gasteiger partial charge in [0.25, 0.3) is 5.91 Å². The van der Waals surface area contributed by atoms with Crippen molar-refractivity contribution in [2.75, 3.05) is 13.1 Å². The number of hydrogen-bond acceptors (Lipinski definition) is 3. The van der Waals surface area contributed by atoms with Crippen LogP contribution in [-0.4, -0.2) is 45.8 Å². The number of aromatic nitrogens is 1. The molecule has 1 fully saturated rings. The Kier molecular flexibility index (Phi) is 3.93. The SMILES string of the molecule is O=C(c1ccc(Cl)nc1)N1CCC(O)(C(F)(F)F)CC1. The molecule has 0 saturated carbocycles. The molecule has 0 spiro atoms. The molecule has 8 heteroatoms. The number of nitrogens with zero attached hydrogens (tertiary/aromatic N) is 2. The van der Waals surface area contributed by atoms with E-state index in [9.17, 15) is 23.1 Å². The molecule has 2 rings (SSSR count). The first-order valence-corrected chi connectivity index (χ1v) is 6.31. The van der Waals surface area contributed by atoms with E-state index in [0.29, 0.717) is 0 Å². The van der Waals surface area contributed by atoms with Gasteiger partial charge < -0.3 is 10.0 Å². The fourth-order valence-electron chi connectivity index (χ4n) is 2.05. The van der Waals surface area contributed by atoms with E-state index in [0.717, 1.165) is 0 Å². The Bertz CT molecular complexity index is 496. The molecule has 1 aliphatic rings. The Balaban J connectivity index is 2.04. The highest BCUT2D eigenvalue weighted by Gasteiger charge is 2.54. The van der Waals surface area contributed by atoms with Crippen LogP contribution in [0, 0.1) is 0 Å². The average molecular weight is 309 g/mol. The van der Waals surface area contributed by atoms with Gasteiger partial charge >= 0.3 is 6.18 Å². The van der Waals surface area contributed by atoms with Crippen LogP contribution in [0.4, 0.5) is 13.2 Å². The smallest absolute Gasteiger partial charge is 0.380 e. The first-order valence-electron chi connectivity index (χ1n) is 5.93. The first-order chi connectivity index (χ1) is 9.23. The number of hydrogen-bond donors (Lipinski definition) is 1. The number of likely N-dealkylation sites (tertiary alicyclic amines) is 1. The van der Waals surface area contributed by atoms with Crippen LogP contribution in [0.2, 0.25) is 5.15 Å². The average Bonchev–Trinajstić information content (AvgIpc) is 2.38. The fraction of sp³-hybridized carbons (Fsp3) is 0.500. The Morgan fingerprint density at radius 2 is 1.95 bits per heavy atom. The standard InChI is InChI=1S/C12H12ClF3N2O2/c13-9-2-1-8(7-17-9)10(19)18-5-3-11(20,4-6-18)12(14,15)16/h1-2,7,20H,3-6H2. The number of pyridine rings is 1. The summed E-state index contributed by atoms with van der Waals surface area (Å²) in [6.45, 7) is -0.311. The maximum atomic E-state index is 12.6. The monoisotopic (exact) mass is 308 g/mol. The second kappa shape index (κ2) is 5.21. The molecule has 2 heterocycles. The molecular formula is C12H12ClF3N2O2. The van der Waals surface area contributed by atoms with Crippen LogP contribution in [0.5, 0.6) is 0 Å². The third kappa shape index (κ3) is 2.88. The summed E-state index contributed by atoms with van der Waals surface area (Å²) in [6, 6.07) is 2.90. The number of halogens is 4. The van der Waals surface area contributed by atoms with Gasteiger partial charge in [-0.25, -0.2) is 4.98 Å². The summed E-state index contributed by atoms with van der Waals surface area (Å²) in [4.78, 5) is 17.1. The molecule has 0 aromatic carbocycles. The highest BCUT2D eigenvalue weighted by atomic mass is 35.5. The van der Waals surface area contributed by atoms with E-state index in [2.05, 4.69) is 4.98 Å². The van der Waals surface area contributed by atoms with E-state index in [4.69, 9.17) is 11.6 Å². The summed E-state index contributed by atoms with van der Waals surface area (Å²) in [5, 5.41) is 9.75. The van der Waals surface area contributed by atoms with Gasteiger partial charge in [-0.1, -0.05) is 11.6 Å². The number of aliphatic hydroxyl groups is 1. The Labute approximate surface area is 118 Å². The Morgan fingerprint density at radius 1 is 1.35 bits per heavy atom. The predicted molar refractivity (Wildman–Crippen MR) is 65.4 cm³/mol. The lowest BCUT2D eigenvalue weighted by atomic mass is 9.90. The number of piperidine rings is 1. The fourth-order valence-corrected chi connectivity index (χ4v) is 2.16. The zero-order valence-electron chi connectivity index (χ0n) is 10.3. The van der Waals surface area contributed by atoms with E-state index in [1.54, 1.807) is 0 Å². The van der Waals surface area contributed by atoms with E-state index < -0.39 is 30.5 Å². The molecule has 1 N–H and O–H groups in total. The molecule has 1 aromatic heterocycles. The molecule has 0 radical (unpaired) electrons. The van der Waals surface area contributed by atoms with Gasteiger partial charge in [-0.05, 0) is 12.1 Å². The third-order valence-electron chi connectivity index (χ3n) is 3.38. The summed E-state index contributed by atoms with van der Waals surface area (Å²) < 4.78 is 37.9. The molecule has 20 heavy (non-hydrogen) atoms. The second-order valence-electron chi connectivity index (χ2n) is 4.69. The van der Waals surface area contributed by atoms with Crippen LogP contribution in [-0.2, 0) is 0 Å². The van der Waals surface area contributed by atoms with Crippen molar-refractivity contribution >= 4 is 17.5 Å². The third-order valence-corrected chi connectivity index (χ3v) is 3.60. The van der Waals surface area contributed by atoms with Crippen molar-refractivity contribution in [1.82, 2.24) is 9.88 Å². The molecule has 1 aliphatic heterocycles. The summed E-state index contributed by atoms with van der Waals surface area (Å²) in [6.07, 6.45) is -4.45. The molecule has 1 amide bonds. The normalized spacial score (nSPS) is 18.9. The highest BCUT2D eigenvalue weighted by Crippen LogP contribution is 2.38. The number of carbonyl (C=O) groups is 1. The molecule has 0 unspecified atom stereocenters. The number of carbonyl (C=O) groups excluding carboxylic acids is 1. The van der Waals surface area contributed by atoms with E-state index in [-0.39, 0.29) is 23.8 Å². The van der Waals surface area contributed by atoms with E-state index in [1.165, 1.54) is 23.2 Å². The molecule has 0 aliphatic carbocycles. The summed E-state index contributed by atoms with van der Waals surface area (Å²) in [5.41, 5.74) is -2.45. The van der Waals surface area contributed by atoms with Crippen molar-refractivity contribution in [3.05, 3.63) is 29.0 Å². The minimum Gasteiger partial charge on any atom is -0.380 e. The van der Waals surface area contributed by atoms with Crippen molar-refractivity contribution < 1.29 is 23.1 Å². The van der Waals surface area contributed by atoms with Gasteiger partial charge in [-0.2, -0.15) is 13.2 Å². The maximum absolute atomic E-state index is 12.6. The lowest BCUT2D eigenvalue weighted by Gasteiger charge is -2.39. The highest BCUT2D eigenvalue weighted by molar-refractivity contribution is 6.29. The molecule has 4 nitrogen and oxygen atoms in total. The molecule has 1 saturated heterocycles. The lowest BCUT2D eigenvalue weighted by Crippen LogP contribution is -2.54. The maximum Gasteiger partial charge on any atom is 0.417 e. The number of alkyl halides is 3. The predicted octanol–water partition coefficient (Wildman–Crippen LogP) is 2.26. The lowest BCUT2D eigenvalue weighted by molar-refractivity contribution is -0.271. The van der Waals surface area contributed by atoms with Gasteiger partial charge in [0.2, 0.25) is 0 Å². The molecule has 1 aromatic rings. The summed E-state index contributed by atoms with van der Waals surface area (Å²) in [5.74, 6) is -0.418. The van der Waals surface area contributed by atoms with Crippen molar-refractivity contribution in [1.29, 1.82) is 0 Å². The summed E-state index contributed by atoms with van der Waals surface area (Å²) >= 11 is 5.60. The quantitative estimate of drug-likeness (QED) is 0.810. The van der Waals surface area contributed by atoms with Crippen molar-refractivity contribution in [3.8, 4) is 0 Å². The minimum absolute atomic E-state index is 0.155. The van der Waals surface area contributed by atoms with E-state index >= 15 is 0 Å². The topological polar surface area (TPSA) is 53.4 Å². The van der Waals surface area contributed by atoms with Gasteiger partial charge in [0.05, 0.1) is 5.56 Å². The van der Waals surface area contributed by atoms with Gasteiger partial charge in [-0.15, -0.1) is 0 Å². The van der Waals surface area contributed by atoms with Crippen LogP contribution in [0.15, 0.2) is 18.3 Å². The zero-order chi connectivity index (χ0) is 15.0. The van der Waals surface area contributed by atoms with Gasteiger partial charge in [-0.3, -0.25) is 4.79 Å². The van der Waals surface area contributed by atoms with Crippen molar-refractivity contribution in [3.63, 3.8) is 0 Å². The minimum atomic E-state index is -4.68. The van der Waals surface area contributed by atoms with Crippen molar-refractivity contribution in [2.45, 2.75) is 24.6 Å². The largest absolute Gasteiger partial charge is 0.417 e. The van der Waals surface area contributed by atoms with Crippen molar-refractivity contribution in [2.24, 2.45) is 0 Å². The second-order valence-corrected chi connectivity index (χ2v) is 5.08. The van der Waals surface area contributed by atoms with Crippen LogP contribution in [0.25, 0.3) is 0 Å². The first kappa shape index (κ1) is 15.1. The van der Waals surface area contributed by atoms with E-state index in [1.807, 2.05) is 0 Å². The van der Waals surface area contributed by atoms with Gasteiger partial charge in [0, 0.05) is 32.1 Å². The van der Waals surface area contributed by atoms with Crippen LogP contribution in [0.3, 0.4) is 0 Å². The van der Waals surface area contributed by atoms with Crippen LogP contribution < -0.4 is 0 Å². The number of amides is 1. The summed E-state index contributed by atoms with van der Waals surface area (Å²) in [7, 11) is 0. The Hall–Kier alpha value is -1.34. The molecular weight excluding hydrogens is 297 g/mol. The Morgan fingerprint density at radius 3 is 2.40 bits per heavy atom. The van der Waals surface area contributed by atoms with Crippen LogP contribution in [0.1, 0.15) is 23.2 Å². The zero-order valence-corrected chi connectivity index (χ0v) is 11.1. The van der Waals surface area contributed by atoms with Crippen LogP contribution >= 0.6 is 11.6 Å². The molecule has 0 atom stereocenters. The molecule has 110 valence electrons. The van der Waals surface area contributed by atoms with Gasteiger partial charge in [0.1, 0.15) is 5.15 Å². The molecule has 0 bridgehead atoms. The number of rotatable bonds is 1. The van der Waals surface area contributed by atoms with Gasteiger partial charge in [0.15, 0.2) is 5.60 Å².